The summed E-state index contributed by atoms with van der Waals surface area (Å²) in [5.74, 6) is 0.369. The van der Waals surface area contributed by atoms with Gasteiger partial charge in [-0.25, -0.2) is 9.47 Å². The van der Waals surface area contributed by atoms with E-state index in [2.05, 4.69) is 5.43 Å². The number of amides is 1. The molecule has 1 amide bonds. The zero-order valence-corrected chi connectivity index (χ0v) is 17.3. The van der Waals surface area contributed by atoms with E-state index in [1.54, 1.807) is 11.0 Å². The van der Waals surface area contributed by atoms with Crippen molar-refractivity contribution in [1.82, 2.24) is 9.58 Å². The third kappa shape index (κ3) is 3.28. The molecule has 0 spiro atoms. The first kappa shape index (κ1) is 18.9. The average Bonchev–Trinajstić information content (AvgIpc) is 3.25. The summed E-state index contributed by atoms with van der Waals surface area (Å²) in [7, 11) is 0. The molecule has 1 N–H and O–H groups in total. The minimum atomic E-state index is -0.436. The van der Waals surface area contributed by atoms with Crippen LogP contribution in [0.25, 0.3) is 21.7 Å². The van der Waals surface area contributed by atoms with Crippen LogP contribution in [0.4, 0.5) is 4.79 Å². The predicted octanol–water partition coefficient (Wildman–Crippen LogP) is 3.52. The van der Waals surface area contributed by atoms with Crippen LogP contribution in [0.15, 0.2) is 52.6 Å². The third-order valence-corrected chi connectivity index (χ3v) is 6.30. The number of rotatable bonds is 2. The SMILES string of the molecule is CC1CN(C(=O)Oc2cc(-c3ccccc3)c(=O)n3c2-c2sccc2CN3)CCO1. The van der Waals surface area contributed by atoms with Gasteiger partial charge in [-0.05, 0) is 35.6 Å². The van der Waals surface area contributed by atoms with E-state index in [0.717, 1.165) is 16.0 Å². The van der Waals surface area contributed by atoms with Gasteiger partial charge in [-0.2, -0.15) is 0 Å². The fourth-order valence-corrected chi connectivity index (χ4v) is 4.81. The second-order valence-electron chi connectivity index (χ2n) is 7.38. The number of carbonyl (C=O) groups is 1. The molecule has 1 saturated heterocycles. The lowest BCUT2D eigenvalue weighted by Gasteiger charge is -2.31. The van der Waals surface area contributed by atoms with Crippen molar-refractivity contribution >= 4 is 17.4 Å². The first-order chi connectivity index (χ1) is 14.6. The monoisotopic (exact) mass is 423 g/mol. The van der Waals surface area contributed by atoms with E-state index in [9.17, 15) is 9.59 Å². The Bertz CT molecular complexity index is 1150. The minimum absolute atomic E-state index is 0.0379. The Morgan fingerprint density at radius 1 is 1.27 bits per heavy atom. The molecule has 2 aromatic heterocycles. The zero-order chi connectivity index (χ0) is 20.7. The maximum atomic E-state index is 13.3. The molecule has 5 rings (SSSR count). The van der Waals surface area contributed by atoms with Crippen LogP contribution in [-0.4, -0.2) is 41.5 Å². The molecule has 0 radical (unpaired) electrons. The molecule has 0 aliphatic carbocycles. The number of nitrogens with zero attached hydrogens (tertiary/aromatic N) is 2. The summed E-state index contributed by atoms with van der Waals surface area (Å²) >= 11 is 1.53. The van der Waals surface area contributed by atoms with Crippen LogP contribution in [0.1, 0.15) is 12.5 Å². The molecule has 1 atom stereocenters. The smallest absolute Gasteiger partial charge is 0.408 e. The Labute approximate surface area is 177 Å². The highest BCUT2D eigenvalue weighted by Gasteiger charge is 2.29. The standard InChI is InChI=1S/C22H21N3O4S/c1-14-13-24(8-9-28-14)22(27)29-18-11-17(15-5-3-2-4-6-15)21(26)25-19(18)20-16(12-23-25)7-10-30-20/h2-7,10-11,14,23H,8-9,12-13H2,1H3. The van der Waals surface area contributed by atoms with Crippen molar-refractivity contribution in [1.29, 1.82) is 0 Å². The molecule has 2 aliphatic heterocycles. The normalized spacial score (nSPS) is 17.6. The number of hydrogen-bond donors (Lipinski definition) is 1. The van der Waals surface area contributed by atoms with Gasteiger partial charge in [0.05, 0.1) is 36.2 Å². The van der Waals surface area contributed by atoms with Crippen molar-refractivity contribution in [3.63, 3.8) is 0 Å². The van der Waals surface area contributed by atoms with Gasteiger partial charge in [-0.15, -0.1) is 11.3 Å². The van der Waals surface area contributed by atoms with Crippen molar-refractivity contribution in [3.8, 4) is 27.4 Å². The number of aromatic nitrogens is 1. The molecule has 1 unspecified atom stereocenters. The first-order valence-electron chi connectivity index (χ1n) is 9.86. The van der Waals surface area contributed by atoms with Crippen molar-refractivity contribution in [2.24, 2.45) is 0 Å². The van der Waals surface area contributed by atoms with Gasteiger partial charge in [-0.1, -0.05) is 30.3 Å². The minimum Gasteiger partial charge on any atom is -0.408 e. The van der Waals surface area contributed by atoms with Crippen molar-refractivity contribution in [2.75, 3.05) is 25.1 Å². The number of carbonyl (C=O) groups excluding carboxylic acids is 1. The molecule has 0 bridgehead atoms. The quantitative estimate of drug-likeness (QED) is 0.683. The van der Waals surface area contributed by atoms with Gasteiger partial charge < -0.3 is 19.8 Å². The van der Waals surface area contributed by atoms with Crippen LogP contribution in [0.3, 0.4) is 0 Å². The lowest BCUT2D eigenvalue weighted by atomic mass is 10.0. The fourth-order valence-electron chi connectivity index (χ4n) is 3.85. The van der Waals surface area contributed by atoms with E-state index < -0.39 is 6.09 Å². The van der Waals surface area contributed by atoms with Crippen LogP contribution >= 0.6 is 11.3 Å². The number of benzene rings is 1. The molecular formula is C22H21N3O4S. The van der Waals surface area contributed by atoms with E-state index in [-0.39, 0.29) is 11.7 Å². The number of ether oxygens (including phenoxy) is 2. The Morgan fingerprint density at radius 3 is 2.90 bits per heavy atom. The van der Waals surface area contributed by atoms with Gasteiger partial charge in [0, 0.05) is 6.54 Å². The topological polar surface area (TPSA) is 72.8 Å². The summed E-state index contributed by atoms with van der Waals surface area (Å²) in [6.45, 7) is 3.90. The van der Waals surface area contributed by atoms with Crippen LogP contribution in [0, 0.1) is 0 Å². The number of thiophene rings is 1. The van der Waals surface area contributed by atoms with E-state index in [1.807, 2.05) is 48.7 Å². The molecule has 0 saturated carbocycles. The molecule has 1 aromatic carbocycles. The van der Waals surface area contributed by atoms with Gasteiger partial charge in [0.2, 0.25) is 0 Å². The number of nitrogens with one attached hydrogen (secondary N) is 1. The van der Waals surface area contributed by atoms with Crippen LogP contribution < -0.4 is 15.7 Å². The highest BCUT2D eigenvalue weighted by Crippen LogP contribution is 2.39. The van der Waals surface area contributed by atoms with Gasteiger partial charge in [0.25, 0.3) is 5.56 Å². The number of fused-ring (bicyclic) bond motifs is 3. The molecule has 7 nitrogen and oxygen atoms in total. The summed E-state index contributed by atoms with van der Waals surface area (Å²) < 4.78 is 12.9. The molecule has 3 aromatic rings. The van der Waals surface area contributed by atoms with E-state index in [0.29, 0.717) is 43.2 Å². The summed E-state index contributed by atoms with van der Waals surface area (Å²) in [5.41, 5.74) is 5.91. The Hall–Kier alpha value is -3.10. The van der Waals surface area contributed by atoms with Crippen LogP contribution in [0.5, 0.6) is 5.75 Å². The number of pyridine rings is 1. The van der Waals surface area contributed by atoms with Crippen LogP contribution in [0.2, 0.25) is 0 Å². The molecule has 8 heteroatoms. The molecular weight excluding hydrogens is 402 g/mol. The van der Waals surface area contributed by atoms with Gasteiger partial charge in [0.1, 0.15) is 5.69 Å². The fraction of sp³-hybridized carbons (Fsp3) is 0.273. The second-order valence-corrected chi connectivity index (χ2v) is 8.30. The van der Waals surface area contributed by atoms with E-state index >= 15 is 0 Å². The molecule has 154 valence electrons. The third-order valence-electron chi connectivity index (χ3n) is 5.34. The summed E-state index contributed by atoms with van der Waals surface area (Å²) in [4.78, 5) is 28.8. The summed E-state index contributed by atoms with van der Waals surface area (Å²) in [6, 6.07) is 13.1. The lowest BCUT2D eigenvalue weighted by molar-refractivity contribution is -0.0105. The van der Waals surface area contributed by atoms with Gasteiger partial charge in [0.15, 0.2) is 5.75 Å². The van der Waals surface area contributed by atoms with Crippen molar-refractivity contribution in [3.05, 3.63) is 63.8 Å². The Balaban J connectivity index is 1.62. The number of morpholine rings is 1. The predicted molar refractivity (Wildman–Crippen MR) is 116 cm³/mol. The highest BCUT2D eigenvalue weighted by molar-refractivity contribution is 7.13. The summed E-state index contributed by atoms with van der Waals surface area (Å²) in [6.07, 6.45) is -0.474. The largest absolute Gasteiger partial charge is 0.415 e. The van der Waals surface area contributed by atoms with E-state index in [4.69, 9.17) is 9.47 Å². The van der Waals surface area contributed by atoms with Gasteiger partial charge >= 0.3 is 6.09 Å². The highest BCUT2D eigenvalue weighted by atomic mass is 32.1. The van der Waals surface area contributed by atoms with E-state index in [1.165, 1.54) is 16.0 Å². The first-order valence-corrected chi connectivity index (χ1v) is 10.7. The molecule has 4 heterocycles. The number of hydrogen-bond acceptors (Lipinski definition) is 6. The molecule has 1 fully saturated rings. The Morgan fingerprint density at radius 2 is 2.10 bits per heavy atom. The van der Waals surface area contributed by atoms with Crippen LogP contribution in [-0.2, 0) is 11.3 Å². The summed E-state index contributed by atoms with van der Waals surface area (Å²) in [5, 5.41) is 1.98. The maximum absolute atomic E-state index is 13.3. The maximum Gasteiger partial charge on any atom is 0.415 e. The zero-order valence-electron chi connectivity index (χ0n) is 16.5. The van der Waals surface area contributed by atoms with Crippen molar-refractivity contribution < 1.29 is 14.3 Å². The lowest BCUT2D eigenvalue weighted by Crippen LogP contribution is -2.46. The Kier molecular flexibility index (Phi) is 4.80. The van der Waals surface area contributed by atoms with Gasteiger partial charge in [-0.3, -0.25) is 4.79 Å². The van der Waals surface area contributed by atoms with Crippen molar-refractivity contribution in [2.45, 2.75) is 19.6 Å². The molecule has 2 aliphatic rings. The average molecular weight is 423 g/mol. The second kappa shape index (κ2) is 7.62. The molecule has 30 heavy (non-hydrogen) atoms.